The average Bonchev–Trinajstić information content (AvgIpc) is 2.91. The number of hydrogen-bond acceptors (Lipinski definition) is 6. The van der Waals surface area contributed by atoms with Crippen molar-refractivity contribution in [2.45, 2.75) is 25.7 Å². The summed E-state index contributed by atoms with van der Waals surface area (Å²) in [5.41, 5.74) is 0.710. The summed E-state index contributed by atoms with van der Waals surface area (Å²) >= 11 is 0.849. The SMILES string of the molecule is COc1ccc(C=C2SC(=O)N(CC(=O)N3CCCCCC3)C2=O)cc1OC. The number of thioether (sulfide) groups is 1. The number of carbonyl (C=O) groups excluding carboxylic acids is 3. The van der Waals surface area contributed by atoms with E-state index in [-0.39, 0.29) is 12.5 Å². The molecule has 0 unspecified atom stereocenters. The maximum absolute atomic E-state index is 12.7. The highest BCUT2D eigenvalue weighted by molar-refractivity contribution is 8.18. The fourth-order valence-corrected chi connectivity index (χ4v) is 4.12. The molecule has 0 atom stereocenters. The smallest absolute Gasteiger partial charge is 0.294 e. The van der Waals surface area contributed by atoms with Crippen molar-refractivity contribution in [2.24, 2.45) is 0 Å². The van der Waals surface area contributed by atoms with Crippen LogP contribution >= 0.6 is 11.8 Å². The predicted molar refractivity (Wildman–Crippen MR) is 107 cm³/mol. The number of carbonyl (C=O) groups is 3. The third-order valence-corrected chi connectivity index (χ3v) is 5.74. The van der Waals surface area contributed by atoms with Gasteiger partial charge in [-0.05, 0) is 48.4 Å². The maximum Gasteiger partial charge on any atom is 0.294 e. The molecule has 1 aromatic carbocycles. The van der Waals surface area contributed by atoms with Gasteiger partial charge in [0.2, 0.25) is 5.91 Å². The molecule has 2 aliphatic rings. The lowest BCUT2D eigenvalue weighted by atomic mass is 10.2. The number of rotatable bonds is 5. The maximum atomic E-state index is 12.7. The number of amides is 3. The Kier molecular flexibility index (Phi) is 6.61. The minimum Gasteiger partial charge on any atom is -0.493 e. The van der Waals surface area contributed by atoms with E-state index in [9.17, 15) is 14.4 Å². The van der Waals surface area contributed by atoms with E-state index in [4.69, 9.17) is 9.47 Å². The molecule has 2 aliphatic heterocycles. The first-order valence-corrected chi connectivity index (χ1v) is 10.1. The van der Waals surface area contributed by atoms with Crippen LogP contribution in [0, 0.1) is 0 Å². The van der Waals surface area contributed by atoms with E-state index in [1.807, 2.05) is 0 Å². The van der Waals surface area contributed by atoms with Crippen molar-refractivity contribution in [3.8, 4) is 11.5 Å². The number of likely N-dealkylation sites (tertiary alicyclic amines) is 1. The van der Waals surface area contributed by atoms with Gasteiger partial charge in [0.1, 0.15) is 6.54 Å². The summed E-state index contributed by atoms with van der Waals surface area (Å²) in [6, 6.07) is 5.24. The van der Waals surface area contributed by atoms with E-state index in [2.05, 4.69) is 0 Å². The largest absolute Gasteiger partial charge is 0.493 e. The third kappa shape index (κ3) is 4.49. The minimum absolute atomic E-state index is 0.170. The Balaban J connectivity index is 1.72. The molecule has 0 spiro atoms. The van der Waals surface area contributed by atoms with Crippen molar-refractivity contribution in [3.63, 3.8) is 0 Å². The summed E-state index contributed by atoms with van der Waals surface area (Å²) in [6.45, 7) is 1.18. The minimum atomic E-state index is -0.437. The van der Waals surface area contributed by atoms with Gasteiger partial charge in [-0.25, -0.2) is 0 Å². The summed E-state index contributed by atoms with van der Waals surface area (Å²) in [7, 11) is 3.08. The molecule has 150 valence electrons. The molecule has 8 heteroatoms. The molecule has 0 N–H and O–H groups in total. The molecular formula is C20H24N2O5S. The molecule has 1 aromatic rings. The van der Waals surface area contributed by atoms with Crippen LogP contribution in [0.2, 0.25) is 0 Å². The Morgan fingerprint density at radius 3 is 2.39 bits per heavy atom. The second-order valence-corrected chi connectivity index (χ2v) is 7.67. The van der Waals surface area contributed by atoms with Crippen molar-refractivity contribution in [2.75, 3.05) is 33.9 Å². The summed E-state index contributed by atoms with van der Waals surface area (Å²) in [5.74, 6) is 0.507. The van der Waals surface area contributed by atoms with E-state index in [0.29, 0.717) is 35.1 Å². The van der Waals surface area contributed by atoms with Crippen molar-refractivity contribution >= 4 is 34.9 Å². The van der Waals surface area contributed by atoms with Gasteiger partial charge in [0.25, 0.3) is 11.1 Å². The zero-order valence-corrected chi connectivity index (χ0v) is 16.9. The monoisotopic (exact) mass is 404 g/mol. The zero-order chi connectivity index (χ0) is 20.1. The normalized spacial score (nSPS) is 19.1. The molecule has 7 nitrogen and oxygen atoms in total. The molecule has 2 saturated heterocycles. The Labute approximate surface area is 168 Å². The molecule has 3 amide bonds. The summed E-state index contributed by atoms with van der Waals surface area (Å²) in [4.78, 5) is 40.6. The topological polar surface area (TPSA) is 76.2 Å². The predicted octanol–water partition coefficient (Wildman–Crippen LogP) is 3.14. The van der Waals surface area contributed by atoms with Gasteiger partial charge in [0, 0.05) is 13.1 Å². The quantitative estimate of drug-likeness (QED) is 0.702. The van der Waals surface area contributed by atoms with Crippen molar-refractivity contribution < 1.29 is 23.9 Å². The summed E-state index contributed by atoms with van der Waals surface area (Å²) < 4.78 is 10.5. The molecule has 0 aromatic heterocycles. The molecule has 0 saturated carbocycles. The van der Waals surface area contributed by atoms with Crippen LogP contribution in [0.3, 0.4) is 0 Å². The van der Waals surface area contributed by atoms with Crippen molar-refractivity contribution in [1.29, 1.82) is 0 Å². The summed E-state index contributed by atoms with van der Waals surface area (Å²) in [6.07, 6.45) is 5.78. The van der Waals surface area contributed by atoms with Gasteiger partial charge < -0.3 is 14.4 Å². The van der Waals surface area contributed by atoms with Crippen LogP contribution in [0.1, 0.15) is 31.2 Å². The lowest BCUT2D eigenvalue weighted by Crippen LogP contribution is -2.42. The average molecular weight is 404 g/mol. The first-order valence-electron chi connectivity index (χ1n) is 9.28. The van der Waals surface area contributed by atoms with E-state index in [1.54, 1.807) is 36.3 Å². The lowest BCUT2D eigenvalue weighted by Gasteiger charge is -2.22. The fourth-order valence-electron chi connectivity index (χ4n) is 3.29. The highest BCUT2D eigenvalue weighted by Crippen LogP contribution is 2.34. The van der Waals surface area contributed by atoms with Gasteiger partial charge in [-0.1, -0.05) is 18.9 Å². The molecule has 0 bridgehead atoms. The van der Waals surface area contributed by atoms with Crippen LogP contribution in [0.5, 0.6) is 11.5 Å². The molecule has 0 radical (unpaired) electrons. The van der Waals surface area contributed by atoms with Crippen molar-refractivity contribution in [1.82, 2.24) is 9.80 Å². The molecule has 0 aliphatic carbocycles. The van der Waals surface area contributed by atoms with Crippen LogP contribution in [-0.4, -0.2) is 60.7 Å². The van der Waals surface area contributed by atoms with E-state index in [1.165, 1.54) is 7.11 Å². The second-order valence-electron chi connectivity index (χ2n) is 6.68. The molecule has 2 heterocycles. The highest BCUT2D eigenvalue weighted by atomic mass is 32.2. The van der Waals surface area contributed by atoms with Crippen LogP contribution in [0.15, 0.2) is 23.1 Å². The van der Waals surface area contributed by atoms with Gasteiger partial charge in [-0.2, -0.15) is 0 Å². The molecule has 3 rings (SSSR count). The van der Waals surface area contributed by atoms with E-state index in [0.717, 1.165) is 42.3 Å². The number of benzene rings is 1. The van der Waals surface area contributed by atoms with Crippen LogP contribution in [0.25, 0.3) is 6.08 Å². The number of ether oxygens (including phenoxy) is 2. The molecule has 2 fully saturated rings. The van der Waals surface area contributed by atoms with Gasteiger partial charge >= 0.3 is 0 Å². The second kappa shape index (κ2) is 9.14. The van der Waals surface area contributed by atoms with Gasteiger partial charge in [0.05, 0.1) is 19.1 Å². The number of nitrogens with zero attached hydrogens (tertiary/aromatic N) is 2. The van der Waals surface area contributed by atoms with Gasteiger partial charge in [-0.3, -0.25) is 19.3 Å². The van der Waals surface area contributed by atoms with E-state index < -0.39 is 11.1 Å². The summed E-state index contributed by atoms with van der Waals surface area (Å²) in [5, 5.41) is -0.417. The number of methoxy groups -OCH3 is 2. The van der Waals surface area contributed by atoms with E-state index >= 15 is 0 Å². The fraction of sp³-hybridized carbons (Fsp3) is 0.450. The lowest BCUT2D eigenvalue weighted by molar-refractivity contribution is -0.135. The highest BCUT2D eigenvalue weighted by Gasteiger charge is 2.37. The molecular weight excluding hydrogens is 380 g/mol. The van der Waals surface area contributed by atoms with Gasteiger partial charge in [-0.15, -0.1) is 0 Å². The first-order chi connectivity index (χ1) is 13.5. The Bertz CT molecular complexity index is 800. The Morgan fingerprint density at radius 2 is 1.75 bits per heavy atom. The zero-order valence-electron chi connectivity index (χ0n) is 16.1. The van der Waals surface area contributed by atoms with Crippen molar-refractivity contribution in [3.05, 3.63) is 28.7 Å². The number of imide groups is 1. The van der Waals surface area contributed by atoms with Crippen LogP contribution in [-0.2, 0) is 9.59 Å². The van der Waals surface area contributed by atoms with Crippen LogP contribution < -0.4 is 9.47 Å². The number of hydrogen-bond donors (Lipinski definition) is 0. The van der Waals surface area contributed by atoms with Crippen LogP contribution in [0.4, 0.5) is 4.79 Å². The third-order valence-electron chi connectivity index (χ3n) is 4.83. The standard InChI is InChI=1S/C20H24N2O5S/c1-26-15-8-7-14(11-16(15)27-2)12-17-19(24)22(20(25)28-17)13-18(23)21-9-5-3-4-6-10-21/h7-8,11-12H,3-6,9-10,13H2,1-2H3. The Hall–Kier alpha value is -2.48. The molecule has 28 heavy (non-hydrogen) atoms. The Morgan fingerprint density at radius 1 is 1.07 bits per heavy atom. The van der Waals surface area contributed by atoms with Gasteiger partial charge in [0.15, 0.2) is 11.5 Å². The first kappa shape index (κ1) is 20.3.